The number of aliphatic hydroxyl groups is 1. The Morgan fingerprint density at radius 1 is 0.812 bits per heavy atom. The molecule has 1 aromatic heterocycles. The minimum Gasteiger partial charge on any atom is -0.491 e. The minimum atomic E-state index is -0.892. The molecule has 5 rings (SSSR count). The molecule has 0 aliphatic rings. The molecule has 0 fully saturated rings. The second kappa shape index (κ2) is 8.65. The van der Waals surface area contributed by atoms with Crippen LogP contribution in [-0.4, -0.2) is 27.6 Å². The lowest BCUT2D eigenvalue weighted by molar-refractivity contribution is 0.0883. The van der Waals surface area contributed by atoms with Gasteiger partial charge in [-0.05, 0) is 29.0 Å². The lowest BCUT2D eigenvalue weighted by Crippen LogP contribution is -2.32. The van der Waals surface area contributed by atoms with Crippen molar-refractivity contribution in [3.63, 3.8) is 0 Å². The number of rotatable bonds is 6. The Hall–Kier alpha value is -3.96. The molecule has 1 heterocycles. The summed E-state index contributed by atoms with van der Waals surface area (Å²) in [5, 5.41) is 18.8. The zero-order chi connectivity index (χ0) is 21.9. The van der Waals surface area contributed by atoms with E-state index in [-0.39, 0.29) is 18.7 Å². The maximum Gasteiger partial charge on any atom is 0.274 e. The molecular formula is C27H22N2O3. The highest BCUT2D eigenvalue weighted by molar-refractivity contribution is 5.93. The normalized spacial score (nSPS) is 12.2. The number of hydrogen-bond acceptors (Lipinski definition) is 4. The van der Waals surface area contributed by atoms with E-state index in [9.17, 15) is 9.90 Å². The Kier molecular flexibility index (Phi) is 5.40. The van der Waals surface area contributed by atoms with Crippen molar-refractivity contribution in [3.05, 3.63) is 107 Å². The summed E-state index contributed by atoms with van der Waals surface area (Å²) < 4.78 is 7.13. The topological polar surface area (TPSA) is 64.4 Å². The smallest absolute Gasteiger partial charge is 0.274 e. The second-order valence-corrected chi connectivity index (χ2v) is 7.72. The quantitative estimate of drug-likeness (QED) is 0.432. The number of ether oxygens (including phenoxy) is 1. The van der Waals surface area contributed by atoms with Crippen LogP contribution in [0.3, 0.4) is 0 Å². The summed E-state index contributed by atoms with van der Waals surface area (Å²) >= 11 is 0. The third kappa shape index (κ3) is 3.98. The van der Waals surface area contributed by atoms with Crippen molar-refractivity contribution in [3.8, 4) is 17.0 Å². The molecule has 5 heteroatoms. The van der Waals surface area contributed by atoms with Crippen molar-refractivity contribution in [1.82, 2.24) is 9.78 Å². The maximum absolute atomic E-state index is 13.0. The van der Waals surface area contributed by atoms with Crippen molar-refractivity contribution >= 4 is 21.5 Å². The van der Waals surface area contributed by atoms with E-state index in [0.717, 1.165) is 21.7 Å². The fraction of sp³-hybridized carbons (Fsp3) is 0.111. The first-order valence-corrected chi connectivity index (χ1v) is 10.5. The van der Waals surface area contributed by atoms with Gasteiger partial charge in [0, 0.05) is 10.9 Å². The molecule has 5 aromatic rings. The molecule has 1 N–H and O–H groups in total. The molecule has 0 radical (unpaired) electrons. The lowest BCUT2D eigenvalue weighted by Gasteiger charge is -2.16. The van der Waals surface area contributed by atoms with Gasteiger partial charge >= 0.3 is 0 Å². The average molecular weight is 422 g/mol. The minimum absolute atomic E-state index is 0.0388. The number of benzene rings is 4. The molecule has 1 atom stereocenters. The molecule has 0 spiro atoms. The van der Waals surface area contributed by atoms with Gasteiger partial charge in [-0.15, -0.1) is 0 Å². The van der Waals surface area contributed by atoms with Crippen LogP contribution in [0.5, 0.6) is 5.75 Å². The third-order valence-electron chi connectivity index (χ3n) is 5.46. The lowest BCUT2D eigenvalue weighted by atomic mass is 10.1. The summed E-state index contributed by atoms with van der Waals surface area (Å²) in [4.78, 5) is 13.0. The summed E-state index contributed by atoms with van der Waals surface area (Å²) in [7, 11) is 0. The Labute approximate surface area is 185 Å². The van der Waals surface area contributed by atoms with Crippen molar-refractivity contribution in [2.24, 2.45) is 0 Å². The van der Waals surface area contributed by atoms with E-state index in [1.165, 1.54) is 4.68 Å². The van der Waals surface area contributed by atoms with Crippen LogP contribution in [0.2, 0.25) is 0 Å². The molecule has 32 heavy (non-hydrogen) atoms. The standard InChI is InChI=1S/C27H22N2O3/c30-22(18-32-23-15-14-19-8-4-5-11-21(19)16-23)17-29-27(31)25-13-7-6-12-24(25)26(28-29)20-9-2-1-3-10-20/h1-16,22,30H,17-18H2. The van der Waals surface area contributed by atoms with Gasteiger partial charge in [-0.2, -0.15) is 5.10 Å². The second-order valence-electron chi connectivity index (χ2n) is 7.72. The van der Waals surface area contributed by atoms with Crippen LogP contribution >= 0.6 is 0 Å². The van der Waals surface area contributed by atoms with E-state index < -0.39 is 6.10 Å². The number of aromatic nitrogens is 2. The highest BCUT2D eigenvalue weighted by Gasteiger charge is 2.15. The molecule has 158 valence electrons. The number of fused-ring (bicyclic) bond motifs is 2. The van der Waals surface area contributed by atoms with Gasteiger partial charge in [-0.25, -0.2) is 4.68 Å². The first-order valence-electron chi connectivity index (χ1n) is 10.5. The first kappa shape index (κ1) is 20.0. The van der Waals surface area contributed by atoms with E-state index in [0.29, 0.717) is 16.8 Å². The Morgan fingerprint density at radius 3 is 2.31 bits per heavy atom. The average Bonchev–Trinajstić information content (AvgIpc) is 2.85. The van der Waals surface area contributed by atoms with Crippen molar-refractivity contribution in [1.29, 1.82) is 0 Å². The predicted octanol–water partition coefficient (Wildman–Crippen LogP) is 4.66. The molecule has 0 saturated heterocycles. The molecule has 1 unspecified atom stereocenters. The first-order chi connectivity index (χ1) is 15.7. The zero-order valence-corrected chi connectivity index (χ0v) is 17.4. The number of aliphatic hydroxyl groups excluding tert-OH is 1. The van der Waals surface area contributed by atoms with Crippen LogP contribution in [0.15, 0.2) is 102 Å². The molecule has 0 aliphatic heterocycles. The fourth-order valence-electron chi connectivity index (χ4n) is 3.87. The van der Waals surface area contributed by atoms with Crippen molar-refractivity contribution in [2.45, 2.75) is 12.6 Å². The van der Waals surface area contributed by atoms with Gasteiger partial charge in [0.1, 0.15) is 18.5 Å². The zero-order valence-electron chi connectivity index (χ0n) is 17.4. The molecule has 5 nitrogen and oxygen atoms in total. The summed E-state index contributed by atoms with van der Waals surface area (Å²) in [6, 6.07) is 31.0. The molecule has 0 aliphatic carbocycles. The fourth-order valence-corrected chi connectivity index (χ4v) is 3.87. The highest BCUT2D eigenvalue weighted by Crippen LogP contribution is 2.24. The third-order valence-corrected chi connectivity index (χ3v) is 5.46. The van der Waals surface area contributed by atoms with Gasteiger partial charge in [0.05, 0.1) is 17.6 Å². The Morgan fingerprint density at radius 2 is 1.50 bits per heavy atom. The van der Waals surface area contributed by atoms with Gasteiger partial charge in [-0.3, -0.25) is 4.79 Å². The molecular weight excluding hydrogens is 400 g/mol. The van der Waals surface area contributed by atoms with E-state index in [4.69, 9.17) is 4.74 Å². The van der Waals surface area contributed by atoms with Crippen LogP contribution in [0.25, 0.3) is 32.8 Å². The van der Waals surface area contributed by atoms with Crippen LogP contribution in [0, 0.1) is 0 Å². The molecule has 0 amide bonds. The summed E-state index contributed by atoms with van der Waals surface area (Å²) in [5.74, 6) is 0.673. The van der Waals surface area contributed by atoms with E-state index in [1.54, 1.807) is 6.07 Å². The number of hydrogen-bond donors (Lipinski definition) is 1. The van der Waals surface area contributed by atoms with Gasteiger partial charge in [0.2, 0.25) is 0 Å². The van der Waals surface area contributed by atoms with Crippen molar-refractivity contribution < 1.29 is 9.84 Å². The summed E-state index contributed by atoms with van der Waals surface area (Å²) in [6.45, 7) is 0.0943. The molecule has 0 bridgehead atoms. The monoisotopic (exact) mass is 422 g/mol. The Balaban J connectivity index is 1.40. The highest BCUT2D eigenvalue weighted by atomic mass is 16.5. The molecule has 0 saturated carbocycles. The Bertz CT molecular complexity index is 1440. The van der Waals surface area contributed by atoms with Gasteiger partial charge < -0.3 is 9.84 Å². The predicted molar refractivity (Wildman–Crippen MR) is 127 cm³/mol. The van der Waals surface area contributed by atoms with E-state index in [2.05, 4.69) is 5.10 Å². The largest absolute Gasteiger partial charge is 0.491 e. The molecule has 4 aromatic carbocycles. The van der Waals surface area contributed by atoms with Crippen molar-refractivity contribution in [2.75, 3.05) is 6.61 Å². The SMILES string of the molecule is O=c1c2ccccc2c(-c2ccccc2)nn1CC(O)COc1ccc2ccccc2c1. The number of nitrogens with zero attached hydrogens (tertiary/aromatic N) is 2. The van der Waals surface area contributed by atoms with Gasteiger partial charge in [0.15, 0.2) is 0 Å². The van der Waals surface area contributed by atoms with Gasteiger partial charge in [0.25, 0.3) is 5.56 Å². The maximum atomic E-state index is 13.0. The van der Waals surface area contributed by atoms with Crippen LogP contribution in [-0.2, 0) is 6.54 Å². The van der Waals surface area contributed by atoms with E-state index >= 15 is 0 Å². The van der Waals surface area contributed by atoms with Crippen LogP contribution in [0.1, 0.15) is 0 Å². The van der Waals surface area contributed by atoms with Crippen LogP contribution < -0.4 is 10.3 Å². The summed E-state index contributed by atoms with van der Waals surface area (Å²) in [6.07, 6.45) is -0.892. The van der Waals surface area contributed by atoms with Crippen LogP contribution in [0.4, 0.5) is 0 Å². The summed E-state index contributed by atoms with van der Waals surface area (Å²) in [5.41, 5.74) is 1.40. The van der Waals surface area contributed by atoms with E-state index in [1.807, 2.05) is 91.0 Å². The van der Waals surface area contributed by atoms with Gasteiger partial charge in [-0.1, -0.05) is 78.9 Å².